The predicted molar refractivity (Wildman–Crippen MR) is 0 cm³/mol. The zero-order valence-electron chi connectivity index (χ0n) is 1.69. The van der Waals surface area contributed by atoms with E-state index in [0.717, 1.165) is 0 Å². The van der Waals surface area contributed by atoms with Crippen molar-refractivity contribution in [2.75, 3.05) is 0 Å². The molecule has 0 nitrogen and oxygen atoms in total. The second-order valence-electron chi connectivity index (χ2n) is 0. The van der Waals surface area contributed by atoms with Crippen molar-refractivity contribution in [1.82, 2.24) is 0 Å². The fourth-order valence-electron chi connectivity index (χ4n) is 0. The Kier molecular flexibility index (Phi) is 131. The molecule has 0 saturated heterocycles. The van der Waals surface area contributed by atoms with Gasteiger partial charge in [0, 0.05) is 82.7 Å². The largest absolute Gasteiger partial charge is 0 e. The minimum Gasteiger partial charge on any atom is 0 e. The summed E-state index contributed by atoms with van der Waals surface area (Å²) in [6, 6.07) is 0. The maximum atomic E-state index is 0. The van der Waals surface area contributed by atoms with E-state index in [2.05, 4.69) is 0 Å². The monoisotopic (exact) mass is 382 g/mol. The van der Waals surface area contributed by atoms with Gasteiger partial charge in [0.05, 0.1) is 0 Å². The Hall–Kier alpha value is 2.66. The zero-order chi connectivity index (χ0) is 0. The smallest absolute Gasteiger partial charge is 0 e. The van der Waals surface area contributed by atoms with Gasteiger partial charge in [-0.2, -0.15) is 0 Å². The van der Waals surface area contributed by atoms with Crippen LogP contribution in [-0.2, 0) is 82.7 Å². The molecule has 4 heavy (non-hydrogen) atoms. The SMILES string of the molecule is [Co].[Cr].[Ta].[Zr]. The fourth-order valence-corrected chi connectivity index (χ4v) is 0. The van der Waals surface area contributed by atoms with Gasteiger partial charge in [0.15, 0.2) is 0 Å². The van der Waals surface area contributed by atoms with E-state index in [4.69, 9.17) is 0 Å². The van der Waals surface area contributed by atoms with Gasteiger partial charge in [-0.1, -0.05) is 0 Å². The summed E-state index contributed by atoms with van der Waals surface area (Å²) in [6.07, 6.45) is 0. The van der Waals surface area contributed by atoms with Gasteiger partial charge in [-0.25, -0.2) is 0 Å². The second-order valence-corrected chi connectivity index (χ2v) is 0. The van der Waals surface area contributed by atoms with Crippen LogP contribution in [0.25, 0.3) is 0 Å². The standard InChI is InChI=1S/Co.Cr.Ta.Zr. The van der Waals surface area contributed by atoms with Crippen LogP contribution in [0.2, 0.25) is 0 Å². The normalized spacial score (nSPS) is 0. The van der Waals surface area contributed by atoms with E-state index in [1.165, 1.54) is 0 Å². The third-order valence-electron chi connectivity index (χ3n) is 0. The summed E-state index contributed by atoms with van der Waals surface area (Å²) in [7, 11) is 0. The molecule has 0 aliphatic carbocycles. The van der Waals surface area contributed by atoms with Crippen molar-refractivity contribution in [1.29, 1.82) is 0 Å². The van der Waals surface area contributed by atoms with Crippen LogP contribution in [0.3, 0.4) is 0 Å². The Balaban J connectivity index is 0. The molecule has 0 fully saturated rings. The maximum absolute atomic E-state index is 0. The van der Waals surface area contributed by atoms with Crippen LogP contribution in [0.4, 0.5) is 0 Å². The Morgan fingerprint density at radius 3 is 1.00 bits per heavy atom. The van der Waals surface area contributed by atoms with Crippen molar-refractivity contribution >= 4 is 0 Å². The van der Waals surface area contributed by atoms with Gasteiger partial charge in [0.2, 0.25) is 0 Å². The summed E-state index contributed by atoms with van der Waals surface area (Å²) in [5.74, 6) is 0. The summed E-state index contributed by atoms with van der Waals surface area (Å²) in [5.41, 5.74) is 0. The molecular weight excluding hydrogens is 383 g/mol. The number of rotatable bonds is 0. The molecule has 0 unspecified atom stereocenters. The van der Waals surface area contributed by atoms with Crippen LogP contribution >= 0.6 is 0 Å². The Morgan fingerprint density at radius 2 is 1.00 bits per heavy atom. The Bertz CT molecular complexity index is 8.00. The first kappa shape index (κ1) is 30.1. The van der Waals surface area contributed by atoms with Crippen LogP contribution in [0.1, 0.15) is 0 Å². The second kappa shape index (κ2) is 17.4. The molecule has 24 valence electrons. The van der Waals surface area contributed by atoms with Gasteiger partial charge < -0.3 is 0 Å². The van der Waals surface area contributed by atoms with Crippen LogP contribution < -0.4 is 0 Å². The molecule has 0 amide bonds. The molecule has 0 aromatic rings. The summed E-state index contributed by atoms with van der Waals surface area (Å²) >= 11 is 0. The third-order valence-corrected chi connectivity index (χ3v) is 0. The zero-order valence-corrected chi connectivity index (χ0v) is 9.68. The molecule has 0 aliphatic rings. The van der Waals surface area contributed by atoms with Gasteiger partial charge in [0.25, 0.3) is 0 Å². The molecule has 0 aliphatic heterocycles. The van der Waals surface area contributed by atoms with E-state index in [0.29, 0.717) is 0 Å². The molecule has 0 aromatic heterocycles. The van der Waals surface area contributed by atoms with Crippen LogP contribution in [-0.4, -0.2) is 0 Å². The fraction of sp³-hybridized carbons (Fsp3) is 0. The van der Waals surface area contributed by atoms with Gasteiger partial charge in [0.1, 0.15) is 0 Å². The molecular formula is CoCrTaZr. The topological polar surface area (TPSA) is 0 Å². The molecule has 0 aromatic carbocycles. The average Bonchev–Trinajstić information content (AvgIpc) is 0. The van der Waals surface area contributed by atoms with Crippen molar-refractivity contribution in [2.45, 2.75) is 0 Å². The van der Waals surface area contributed by atoms with E-state index in [1.54, 1.807) is 0 Å². The van der Waals surface area contributed by atoms with Gasteiger partial charge in [-0.3, -0.25) is 0 Å². The summed E-state index contributed by atoms with van der Waals surface area (Å²) in [4.78, 5) is 0. The molecule has 4 heteroatoms. The van der Waals surface area contributed by atoms with Crippen molar-refractivity contribution in [2.24, 2.45) is 0 Å². The summed E-state index contributed by atoms with van der Waals surface area (Å²) in [5, 5.41) is 0. The first-order chi connectivity index (χ1) is 0. The first-order valence-electron chi connectivity index (χ1n) is 0. The van der Waals surface area contributed by atoms with Gasteiger partial charge in [-0.05, 0) is 0 Å². The predicted octanol–water partition coefficient (Wildman–Crippen LogP) is -0.0100. The van der Waals surface area contributed by atoms with Crippen LogP contribution in [0, 0.1) is 0 Å². The van der Waals surface area contributed by atoms with Crippen molar-refractivity contribution in [3.05, 3.63) is 0 Å². The Labute approximate surface area is 81.4 Å². The number of hydrogen-bond donors (Lipinski definition) is 0. The van der Waals surface area contributed by atoms with E-state index in [-0.39, 0.29) is 82.7 Å². The van der Waals surface area contributed by atoms with Crippen LogP contribution in [0.5, 0.6) is 0 Å². The number of hydrogen-bond acceptors (Lipinski definition) is 0. The molecule has 0 rings (SSSR count). The third kappa shape index (κ3) is 8.82. The van der Waals surface area contributed by atoms with Gasteiger partial charge in [-0.15, -0.1) is 0 Å². The minimum atomic E-state index is 0. The summed E-state index contributed by atoms with van der Waals surface area (Å²) in [6.45, 7) is 0. The first-order valence-corrected chi connectivity index (χ1v) is 0. The summed E-state index contributed by atoms with van der Waals surface area (Å²) < 4.78 is 0. The maximum Gasteiger partial charge on any atom is 0 e. The minimum absolute atomic E-state index is 0. The quantitative estimate of drug-likeness (QED) is 0.552. The molecule has 0 saturated carbocycles. The molecule has 2 radical (unpaired) electrons. The van der Waals surface area contributed by atoms with Gasteiger partial charge >= 0.3 is 0 Å². The Morgan fingerprint density at radius 1 is 1.00 bits per heavy atom. The average molecular weight is 383 g/mol. The van der Waals surface area contributed by atoms with Crippen molar-refractivity contribution in [3.63, 3.8) is 0 Å². The molecule has 0 bridgehead atoms. The van der Waals surface area contributed by atoms with Crippen LogP contribution in [0.15, 0.2) is 0 Å². The van der Waals surface area contributed by atoms with Crippen molar-refractivity contribution in [3.8, 4) is 0 Å². The van der Waals surface area contributed by atoms with E-state index in [9.17, 15) is 0 Å². The molecule has 0 N–H and O–H groups in total. The molecule has 0 atom stereocenters. The van der Waals surface area contributed by atoms with Crippen molar-refractivity contribution < 1.29 is 82.7 Å². The molecule has 0 heterocycles. The molecule has 0 spiro atoms. The van der Waals surface area contributed by atoms with E-state index in [1.807, 2.05) is 0 Å². The van der Waals surface area contributed by atoms with E-state index < -0.39 is 0 Å². The van der Waals surface area contributed by atoms with E-state index >= 15 is 0 Å².